The van der Waals surface area contributed by atoms with Gasteiger partial charge in [0.1, 0.15) is 17.3 Å². The van der Waals surface area contributed by atoms with E-state index >= 15 is 0 Å². The highest BCUT2D eigenvalue weighted by Crippen LogP contribution is 2.27. The van der Waals surface area contributed by atoms with Gasteiger partial charge in [0, 0.05) is 5.56 Å². The number of amides is 1. The van der Waals surface area contributed by atoms with Crippen molar-refractivity contribution in [1.29, 1.82) is 0 Å². The normalized spacial score (nSPS) is 11.2. The Hall–Kier alpha value is -3.03. The Morgan fingerprint density at radius 3 is 2.45 bits per heavy atom. The fourth-order valence-electron chi connectivity index (χ4n) is 3.17. The Morgan fingerprint density at radius 2 is 1.76 bits per heavy atom. The summed E-state index contributed by atoms with van der Waals surface area (Å²) in [4.78, 5) is 12.4. The monoisotopic (exact) mass is 486 g/mol. The molecule has 174 valence electrons. The van der Waals surface area contributed by atoms with Crippen LogP contribution in [-0.2, 0) is 16.4 Å². The average Bonchev–Trinajstić information content (AvgIpc) is 2.80. The lowest BCUT2D eigenvalue weighted by Crippen LogP contribution is -2.28. The van der Waals surface area contributed by atoms with Crippen molar-refractivity contribution in [2.45, 2.75) is 32.1 Å². The summed E-state index contributed by atoms with van der Waals surface area (Å²) >= 11 is 6.17. The van der Waals surface area contributed by atoms with E-state index in [1.807, 2.05) is 44.2 Å². The van der Waals surface area contributed by atoms with E-state index in [0.29, 0.717) is 5.69 Å². The minimum Gasteiger partial charge on any atom is -0.492 e. The van der Waals surface area contributed by atoms with Crippen molar-refractivity contribution in [2.75, 3.05) is 17.9 Å². The lowest BCUT2D eigenvalue weighted by Gasteiger charge is -2.14. The van der Waals surface area contributed by atoms with Crippen molar-refractivity contribution in [3.63, 3.8) is 0 Å². The molecule has 0 radical (unpaired) electrons. The van der Waals surface area contributed by atoms with Crippen LogP contribution in [0.3, 0.4) is 0 Å². The fraction of sp³-hybridized carbons (Fsp3) is 0.240. The number of anilines is 1. The lowest BCUT2D eigenvalue weighted by atomic mass is 10.1. The average molecular weight is 487 g/mol. The van der Waals surface area contributed by atoms with E-state index in [2.05, 4.69) is 17.0 Å². The van der Waals surface area contributed by atoms with Crippen molar-refractivity contribution in [3.8, 4) is 5.75 Å². The summed E-state index contributed by atoms with van der Waals surface area (Å²) in [6.07, 6.45) is 0.954. The molecule has 3 aromatic rings. The first-order chi connectivity index (χ1) is 15.7. The molecule has 2 N–H and O–H groups in total. The van der Waals surface area contributed by atoms with Gasteiger partial charge in [-0.1, -0.05) is 42.8 Å². The zero-order chi connectivity index (χ0) is 24.0. The number of sulfonamides is 1. The molecule has 3 rings (SSSR count). The molecule has 0 saturated heterocycles. The van der Waals surface area contributed by atoms with E-state index in [0.717, 1.165) is 23.3 Å². The maximum atomic E-state index is 13.0. The van der Waals surface area contributed by atoms with E-state index in [4.69, 9.17) is 16.3 Å². The second-order valence-corrected chi connectivity index (χ2v) is 9.66. The van der Waals surface area contributed by atoms with E-state index < -0.39 is 15.9 Å². The first-order valence-electron chi connectivity index (χ1n) is 10.6. The number of hydrogen-bond acceptors (Lipinski definition) is 4. The molecule has 0 atom stereocenters. The van der Waals surface area contributed by atoms with Crippen LogP contribution in [0.1, 0.15) is 34.0 Å². The lowest BCUT2D eigenvalue weighted by molar-refractivity contribution is 0.0947. The van der Waals surface area contributed by atoms with Gasteiger partial charge in [-0.3, -0.25) is 9.52 Å². The Balaban J connectivity index is 1.65. The molecule has 1 amide bonds. The van der Waals surface area contributed by atoms with Crippen molar-refractivity contribution in [2.24, 2.45) is 0 Å². The maximum Gasteiger partial charge on any atom is 0.263 e. The topological polar surface area (TPSA) is 84.5 Å². The van der Waals surface area contributed by atoms with Gasteiger partial charge < -0.3 is 10.1 Å². The van der Waals surface area contributed by atoms with Crippen molar-refractivity contribution >= 4 is 33.2 Å². The molecule has 0 bridgehead atoms. The SMILES string of the molecule is CCc1ccc(OCCNC(=O)c2ccc(Cl)c(S(=O)(=O)Nc3cccc(C)c3C)c2)cc1. The molecule has 0 aliphatic heterocycles. The third-order valence-corrected chi connectivity index (χ3v) is 7.17. The van der Waals surface area contributed by atoms with Crippen molar-refractivity contribution in [3.05, 3.63) is 87.9 Å². The number of carbonyl (C=O) groups excluding carboxylic acids is 1. The molecule has 0 saturated carbocycles. The molecule has 0 spiro atoms. The first kappa shape index (κ1) is 24.6. The van der Waals surface area contributed by atoms with Gasteiger partial charge in [-0.05, 0) is 73.4 Å². The highest BCUT2D eigenvalue weighted by molar-refractivity contribution is 7.92. The van der Waals surface area contributed by atoms with Crippen LogP contribution < -0.4 is 14.8 Å². The van der Waals surface area contributed by atoms with E-state index in [1.54, 1.807) is 12.1 Å². The van der Waals surface area contributed by atoms with Gasteiger partial charge in [0.05, 0.1) is 17.3 Å². The van der Waals surface area contributed by atoms with Crippen LogP contribution in [0.4, 0.5) is 5.69 Å². The van der Waals surface area contributed by atoms with Gasteiger partial charge in [-0.15, -0.1) is 0 Å². The van der Waals surface area contributed by atoms with Gasteiger partial charge in [0.25, 0.3) is 15.9 Å². The largest absolute Gasteiger partial charge is 0.492 e. The second kappa shape index (κ2) is 10.7. The molecule has 0 unspecified atom stereocenters. The fourth-order valence-corrected chi connectivity index (χ4v) is 4.82. The predicted molar refractivity (Wildman–Crippen MR) is 132 cm³/mol. The van der Waals surface area contributed by atoms with Crippen LogP contribution in [0.5, 0.6) is 5.75 Å². The molecule has 0 aromatic heterocycles. The Labute approximate surface area is 200 Å². The summed E-state index contributed by atoms with van der Waals surface area (Å²) in [5, 5.41) is 2.76. The van der Waals surface area contributed by atoms with E-state index in [-0.39, 0.29) is 28.6 Å². The van der Waals surface area contributed by atoms with E-state index in [9.17, 15) is 13.2 Å². The number of ether oxygens (including phenoxy) is 1. The van der Waals surface area contributed by atoms with Crippen molar-refractivity contribution in [1.82, 2.24) is 5.32 Å². The molecule has 0 aliphatic carbocycles. The molecular formula is C25H27ClN2O4S. The Kier molecular flexibility index (Phi) is 8.00. The van der Waals surface area contributed by atoms with Crippen LogP contribution in [-0.4, -0.2) is 27.5 Å². The molecule has 0 aliphatic rings. The molecule has 3 aromatic carbocycles. The molecular weight excluding hydrogens is 460 g/mol. The summed E-state index contributed by atoms with van der Waals surface area (Å²) < 4.78 is 34.2. The zero-order valence-corrected chi connectivity index (χ0v) is 20.4. The molecule has 8 heteroatoms. The molecule has 33 heavy (non-hydrogen) atoms. The summed E-state index contributed by atoms with van der Waals surface area (Å²) in [6.45, 7) is 6.36. The Morgan fingerprint density at radius 1 is 1.03 bits per heavy atom. The van der Waals surface area contributed by atoms with Gasteiger partial charge in [-0.25, -0.2) is 8.42 Å². The first-order valence-corrected chi connectivity index (χ1v) is 12.5. The smallest absolute Gasteiger partial charge is 0.263 e. The third kappa shape index (κ3) is 6.27. The van der Waals surface area contributed by atoms with Gasteiger partial charge in [0.15, 0.2) is 0 Å². The van der Waals surface area contributed by atoms with Gasteiger partial charge in [-0.2, -0.15) is 0 Å². The zero-order valence-electron chi connectivity index (χ0n) is 18.8. The van der Waals surface area contributed by atoms with Gasteiger partial charge >= 0.3 is 0 Å². The highest BCUT2D eigenvalue weighted by Gasteiger charge is 2.21. The highest BCUT2D eigenvalue weighted by atomic mass is 35.5. The van der Waals surface area contributed by atoms with Crippen LogP contribution in [0, 0.1) is 13.8 Å². The van der Waals surface area contributed by atoms with Gasteiger partial charge in [0.2, 0.25) is 0 Å². The number of aryl methyl sites for hydroxylation is 2. The molecule has 0 fully saturated rings. The number of nitrogens with one attached hydrogen (secondary N) is 2. The molecule has 0 heterocycles. The minimum atomic E-state index is -3.99. The summed E-state index contributed by atoms with van der Waals surface area (Å²) in [5.74, 6) is 0.304. The van der Waals surface area contributed by atoms with Crippen LogP contribution >= 0.6 is 11.6 Å². The van der Waals surface area contributed by atoms with Crippen LogP contribution in [0.15, 0.2) is 65.6 Å². The third-order valence-electron chi connectivity index (χ3n) is 5.32. The number of carbonyl (C=O) groups is 1. The number of benzene rings is 3. The van der Waals surface area contributed by atoms with E-state index in [1.165, 1.54) is 23.8 Å². The number of rotatable bonds is 9. The summed E-state index contributed by atoms with van der Waals surface area (Å²) in [6, 6.07) is 17.3. The van der Waals surface area contributed by atoms with Crippen molar-refractivity contribution < 1.29 is 17.9 Å². The number of hydrogen-bond donors (Lipinski definition) is 2. The van der Waals surface area contributed by atoms with Crippen LogP contribution in [0.2, 0.25) is 5.02 Å². The summed E-state index contributed by atoms with van der Waals surface area (Å²) in [5.41, 5.74) is 3.64. The minimum absolute atomic E-state index is 0.0308. The Bertz CT molecular complexity index is 1240. The second-order valence-electron chi connectivity index (χ2n) is 7.60. The van der Waals surface area contributed by atoms with Crippen LogP contribution in [0.25, 0.3) is 0 Å². The molecule has 6 nitrogen and oxygen atoms in total. The maximum absolute atomic E-state index is 13.0. The summed E-state index contributed by atoms with van der Waals surface area (Å²) in [7, 11) is -3.99. The standard InChI is InChI=1S/C25H27ClN2O4S/c1-4-19-8-11-21(12-9-19)32-15-14-27-25(29)20-10-13-22(26)24(16-20)33(30,31)28-23-7-5-6-17(2)18(23)3/h5-13,16,28H,4,14-15H2,1-3H3,(H,27,29). The number of halogens is 1. The predicted octanol–water partition coefficient (Wildman–Crippen LogP) is 5.13. The quantitative estimate of drug-likeness (QED) is 0.411.